The van der Waals surface area contributed by atoms with Gasteiger partial charge in [0.05, 0.1) is 12.0 Å². The number of methoxy groups -OCH3 is 1. The minimum absolute atomic E-state index is 0.336. The first-order valence-corrected chi connectivity index (χ1v) is 7.12. The molecule has 0 amide bonds. The highest BCUT2D eigenvalue weighted by Gasteiger charge is 2.43. The molecule has 1 aliphatic heterocycles. The molecule has 1 saturated heterocycles. The Kier molecular flexibility index (Phi) is 4.78. The lowest BCUT2D eigenvalue weighted by Crippen LogP contribution is -2.50. The van der Waals surface area contributed by atoms with E-state index in [1.807, 2.05) is 30.3 Å². The highest BCUT2D eigenvalue weighted by atomic mass is 16.5. The molecular formula is C16H23NO3. The van der Waals surface area contributed by atoms with Crippen molar-refractivity contribution < 1.29 is 14.6 Å². The number of likely N-dealkylation sites (tertiary alicyclic amines) is 1. The number of nitrogens with zero attached hydrogens (tertiary/aromatic N) is 1. The number of ether oxygens (including phenoxy) is 1. The molecule has 0 aliphatic carbocycles. The van der Waals surface area contributed by atoms with Crippen LogP contribution in [0.4, 0.5) is 0 Å². The maximum Gasteiger partial charge on any atom is 0.314 e. The lowest BCUT2D eigenvalue weighted by atomic mass is 9.72. The van der Waals surface area contributed by atoms with Crippen LogP contribution in [-0.4, -0.2) is 48.8 Å². The number of benzene rings is 1. The van der Waals surface area contributed by atoms with Gasteiger partial charge in [-0.2, -0.15) is 0 Å². The summed E-state index contributed by atoms with van der Waals surface area (Å²) >= 11 is 0. The number of carbonyl (C=O) groups is 1. The maximum absolute atomic E-state index is 11.8. The third-order valence-corrected chi connectivity index (χ3v) is 4.42. The van der Waals surface area contributed by atoms with Crippen LogP contribution in [0.1, 0.15) is 25.3 Å². The fraction of sp³-hybridized carbons (Fsp3) is 0.562. The first-order chi connectivity index (χ1) is 9.60. The van der Waals surface area contributed by atoms with Gasteiger partial charge in [0.15, 0.2) is 0 Å². The van der Waals surface area contributed by atoms with Crippen molar-refractivity contribution in [2.75, 3.05) is 26.8 Å². The molecule has 0 saturated carbocycles. The largest absolute Gasteiger partial charge is 0.481 e. The highest BCUT2D eigenvalue weighted by Crippen LogP contribution is 2.36. The summed E-state index contributed by atoms with van der Waals surface area (Å²) in [5, 5.41) is 9.73. The predicted octanol–water partition coefficient (Wildman–Crippen LogP) is 2.14. The Balaban J connectivity index is 2.13. The lowest BCUT2D eigenvalue weighted by molar-refractivity contribution is -0.146. The fourth-order valence-electron chi connectivity index (χ4n) is 3.08. The Bertz CT molecular complexity index is 438. The van der Waals surface area contributed by atoms with Gasteiger partial charge >= 0.3 is 5.97 Å². The number of carboxylic acid groups (broad SMARTS) is 1. The summed E-state index contributed by atoms with van der Waals surface area (Å²) in [7, 11) is 1.70. The van der Waals surface area contributed by atoms with E-state index in [0.29, 0.717) is 25.5 Å². The Morgan fingerprint density at radius 3 is 2.45 bits per heavy atom. The third-order valence-electron chi connectivity index (χ3n) is 4.42. The summed E-state index contributed by atoms with van der Waals surface area (Å²) < 4.78 is 5.18. The second kappa shape index (κ2) is 6.37. The minimum atomic E-state index is -0.732. The number of rotatable bonds is 5. The number of carboxylic acids is 1. The quantitative estimate of drug-likeness (QED) is 0.896. The van der Waals surface area contributed by atoms with Crippen LogP contribution in [0.15, 0.2) is 30.3 Å². The van der Waals surface area contributed by atoms with E-state index in [1.165, 1.54) is 0 Å². The van der Waals surface area contributed by atoms with Gasteiger partial charge in [0.2, 0.25) is 0 Å². The molecule has 0 spiro atoms. The summed E-state index contributed by atoms with van der Waals surface area (Å²) in [6.45, 7) is 4.41. The summed E-state index contributed by atoms with van der Waals surface area (Å²) in [5.41, 5.74) is 0.191. The molecule has 0 bridgehead atoms. The normalized spacial score (nSPS) is 20.5. The van der Waals surface area contributed by atoms with Gasteiger partial charge in [0.1, 0.15) is 0 Å². The second-order valence-corrected chi connectivity index (χ2v) is 5.59. The molecule has 2 rings (SSSR count). The van der Waals surface area contributed by atoms with Crippen LogP contribution in [0.25, 0.3) is 0 Å². The molecule has 20 heavy (non-hydrogen) atoms. The lowest BCUT2D eigenvalue weighted by Gasteiger charge is -2.41. The van der Waals surface area contributed by atoms with Crippen LogP contribution < -0.4 is 0 Å². The number of piperidine rings is 1. The molecule has 1 atom stereocenters. The topological polar surface area (TPSA) is 49.8 Å². The fourth-order valence-corrected chi connectivity index (χ4v) is 3.08. The van der Waals surface area contributed by atoms with E-state index in [1.54, 1.807) is 7.11 Å². The average Bonchev–Trinajstić information content (AvgIpc) is 2.48. The van der Waals surface area contributed by atoms with Gasteiger partial charge in [-0.25, -0.2) is 0 Å². The summed E-state index contributed by atoms with van der Waals surface area (Å²) in [6, 6.07) is 9.96. The molecule has 1 heterocycles. The number of aliphatic carboxylic acids is 1. The van der Waals surface area contributed by atoms with E-state index < -0.39 is 11.4 Å². The zero-order valence-corrected chi connectivity index (χ0v) is 12.2. The zero-order chi connectivity index (χ0) is 14.6. The van der Waals surface area contributed by atoms with E-state index >= 15 is 0 Å². The molecule has 4 heteroatoms. The minimum Gasteiger partial charge on any atom is -0.481 e. The van der Waals surface area contributed by atoms with Crippen LogP contribution in [0.3, 0.4) is 0 Å². The van der Waals surface area contributed by atoms with Crippen molar-refractivity contribution in [3.63, 3.8) is 0 Å². The highest BCUT2D eigenvalue weighted by molar-refractivity contribution is 5.81. The monoisotopic (exact) mass is 277 g/mol. The predicted molar refractivity (Wildman–Crippen MR) is 77.9 cm³/mol. The number of hydrogen-bond donors (Lipinski definition) is 1. The second-order valence-electron chi connectivity index (χ2n) is 5.59. The van der Waals surface area contributed by atoms with Crippen molar-refractivity contribution in [1.82, 2.24) is 4.90 Å². The molecule has 1 aromatic carbocycles. The summed E-state index contributed by atoms with van der Waals surface area (Å²) in [5.74, 6) is -0.706. The van der Waals surface area contributed by atoms with Gasteiger partial charge in [0.25, 0.3) is 0 Å². The van der Waals surface area contributed by atoms with Gasteiger partial charge in [-0.05, 0) is 38.4 Å². The Hall–Kier alpha value is -1.39. The van der Waals surface area contributed by atoms with Gasteiger partial charge in [-0.15, -0.1) is 0 Å². The van der Waals surface area contributed by atoms with Crippen LogP contribution in [0.2, 0.25) is 0 Å². The van der Waals surface area contributed by atoms with E-state index in [9.17, 15) is 9.90 Å². The van der Waals surface area contributed by atoms with E-state index in [-0.39, 0.29) is 0 Å². The van der Waals surface area contributed by atoms with E-state index in [2.05, 4.69) is 11.8 Å². The molecule has 110 valence electrons. The van der Waals surface area contributed by atoms with Crippen LogP contribution in [-0.2, 0) is 14.9 Å². The van der Waals surface area contributed by atoms with E-state index in [0.717, 1.165) is 18.7 Å². The molecule has 1 fully saturated rings. The molecule has 1 N–H and O–H groups in total. The Morgan fingerprint density at radius 2 is 1.95 bits per heavy atom. The Morgan fingerprint density at radius 1 is 1.35 bits per heavy atom. The Labute approximate surface area is 120 Å². The molecule has 1 aliphatic rings. The van der Waals surface area contributed by atoms with Crippen LogP contribution >= 0.6 is 0 Å². The van der Waals surface area contributed by atoms with Crippen LogP contribution in [0.5, 0.6) is 0 Å². The first kappa shape index (κ1) is 15.0. The summed E-state index contributed by atoms with van der Waals surface area (Å²) in [4.78, 5) is 14.1. The van der Waals surface area contributed by atoms with Crippen LogP contribution in [0, 0.1) is 0 Å². The molecular weight excluding hydrogens is 254 g/mol. The van der Waals surface area contributed by atoms with Gasteiger partial charge in [-0.1, -0.05) is 30.3 Å². The van der Waals surface area contributed by atoms with Crippen molar-refractivity contribution in [2.24, 2.45) is 0 Å². The summed E-state index contributed by atoms with van der Waals surface area (Å²) in [6.07, 6.45) is 1.31. The van der Waals surface area contributed by atoms with Crippen molar-refractivity contribution in [2.45, 2.75) is 31.2 Å². The first-order valence-electron chi connectivity index (χ1n) is 7.12. The maximum atomic E-state index is 11.8. The van der Waals surface area contributed by atoms with Gasteiger partial charge < -0.3 is 9.84 Å². The smallest absolute Gasteiger partial charge is 0.314 e. The van der Waals surface area contributed by atoms with Gasteiger partial charge in [0, 0.05) is 13.2 Å². The van der Waals surface area contributed by atoms with Gasteiger partial charge in [-0.3, -0.25) is 9.69 Å². The SMILES string of the molecule is COCC(C)N1CCC(C(=O)O)(c2ccccc2)CC1. The molecule has 0 radical (unpaired) electrons. The molecule has 1 unspecified atom stereocenters. The number of hydrogen-bond acceptors (Lipinski definition) is 3. The third kappa shape index (κ3) is 2.86. The molecule has 4 nitrogen and oxygen atoms in total. The molecule has 0 aromatic heterocycles. The van der Waals surface area contributed by atoms with Crippen molar-refractivity contribution in [1.29, 1.82) is 0 Å². The zero-order valence-electron chi connectivity index (χ0n) is 12.2. The van der Waals surface area contributed by atoms with E-state index in [4.69, 9.17) is 4.74 Å². The van der Waals surface area contributed by atoms with Crippen molar-refractivity contribution in [3.8, 4) is 0 Å². The standard InChI is InChI=1S/C16H23NO3/c1-13(12-20-2)17-10-8-16(9-11-17,15(18)19)14-6-4-3-5-7-14/h3-7,13H,8-12H2,1-2H3,(H,18,19). The van der Waals surface area contributed by atoms with Crippen molar-refractivity contribution >= 4 is 5.97 Å². The van der Waals surface area contributed by atoms with Crippen molar-refractivity contribution in [3.05, 3.63) is 35.9 Å². The average molecular weight is 277 g/mol. The molecule has 1 aromatic rings.